The van der Waals surface area contributed by atoms with E-state index in [-0.39, 0.29) is 6.03 Å². The van der Waals surface area contributed by atoms with Crippen LogP contribution in [0.3, 0.4) is 0 Å². The van der Waals surface area contributed by atoms with Gasteiger partial charge in [0.15, 0.2) is 0 Å². The zero-order valence-electron chi connectivity index (χ0n) is 18.0. The largest absolute Gasteiger partial charge is 0.497 e. The van der Waals surface area contributed by atoms with Crippen LogP contribution in [0.4, 0.5) is 4.79 Å². The number of piperazine rings is 1. The van der Waals surface area contributed by atoms with E-state index in [1.807, 2.05) is 35.8 Å². The Morgan fingerprint density at radius 3 is 2.23 bits per heavy atom. The summed E-state index contributed by atoms with van der Waals surface area (Å²) in [6, 6.07) is 5.54. The van der Waals surface area contributed by atoms with Crippen LogP contribution < -0.4 is 9.47 Å². The van der Waals surface area contributed by atoms with Crippen LogP contribution in [0.1, 0.15) is 13.8 Å². The van der Waals surface area contributed by atoms with Crippen molar-refractivity contribution in [3.05, 3.63) is 23.0 Å². The molecule has 0 N–H and O–H groups in total. The van der Waals surface area contributed by atoms with Crippen LogP contribution in [0.15, 0.2) is 22.6 Å². The van der Waals surface area contributed by atoms with Crippen molar-refractivity contribution in [2.75, 3.05) is 53.5 Å². The van der Waals surface area contributed by atoms with Crippen LogP contribution in [0, 0.1) is 4.84 Å². The van der Waals surface area contributed by atoms with E-state index in [2.05, 4.69) is 10.00 Å². The van der Waals surface area contributed by atoms with Gasteiger partial charge in [-0.3, -0.25) is 4.90 Å². The zero-order valence-corrected chi connectivity index (χ0v) is 18.8. The number of carbonyl (C=O) groups is 1. The number of ether oxygens (including phenoxy) is 2. The topological polar surface area (TPSA) is 76.2 Å². The highest BCUT2D eigenvalue weighted by Gasteiger charge is 2.24. The molecule has 164 valence electrons. The van der Waals surface area contributed by atoms with Gasteiger partial charge < -0.3 is 23.7 Å². The lowest BCUT2D eigenvalue weighted by atomic mass is 10.2. The van der Waals surface area contributed by atoms with Gasteiger partial charge in [-0.1, -0.05) is 0 Å². The van der Waals surface area contributed by atoms with Crippen molar-refractivity contribution in [2.45, 2.75) is 20.5 Å². The molecule has 2 heterocycles. The Morgan fingerprint density at radius 2 is 1.70 bits per heavy atom. The fourth-order valence-corrected chi connectivity index (χ4v) is 3.58. The van der Waals surface area contributed by atoms with Gasteiger partial charge in [-0.15, -0.1) is 5.10 Å². The number of methoxy groups -OCH3 is 2. The van der Waals surface area contributed by atoms with Crippen molar-refractivity contribution in [1.29, 1.82) is 0 Å². The molecule has 0 spiro atoms. The number of urea groups is 1. The predicted molar refractivity (Wildman–Crippen MR) is 115 cm³/mol. The van der Waals surface area contributed by atoms with Gasteiger partial charge >= 0.3 is 6.03 Å². The first-order valence-electron chi connectivity index (χ1n) is 10.1. The summed E-state index contributed by atoms with van der Waals surface area (Å²) in [5, 5.41) is 4.54. The van der Waals surface area contributed by atoms with E-state index in [1.165, 1.54) is 0 Å². The molecule has 3 rings (SSSR count). The second-order valence-corrected chi connectivity index (χ2v) is 7.32. The Balaban J connectivity index is 1.66. The van der Waals surface area contributed by atoms with Crippen LogP contribution >= 0.6 is 12.2 Å². The standard InChI is InChI=1S/C20H29N5O4S/c1-5-23(6-2)19(26)24-9-7-22(8-10-24)14-25-20(30)29-18(21-25)15-11-16(27-3)13-17(12-15)28-4/h11-13H,5-10,14H2,1-4H3. The molecule has 0 saturated carbocycles. The summed E-state index contributed by atoms with van der Waals surface area (Å²) in [6.07, 6.45) is 0. The number of rotatable bonds is 7. The van der Waals surface area contributed by atoms with Crippen molar-refractivity contribution in [3.8, 4) is 23.0 Å². The minimum Gasteiger partial charge on any atom is -0.497 e. The Bertz CT molecular complexity index is 894. The van der Waals surface area contributed by atoms with E-state index >= 15 is 0 Å². The van der Waals surface area contributed by atoms with E-state index < -0.39 is 0 Å². The van der Waals surface area contributed by atoms with Crippen molar-refractivity contribution >= 4 is 18.2 Å². The summed E-state index contributed by atoms with van der Waals surface area (Å²) in [6.45, 7) is 8.83. The number of carbonyl (C=O) groups excluding carboxylic acids is 1. The van der Waals surface area contributed by atoms with Crippen molar-refractivity contribution in [1.82, 2.24) is 24.5 Å². The van der Waals surface area contributed by atoms with Gasteiger partial charge in [-0.05, 0) is 38.2 Å². The van der Waals surface area contributed by atoms with Crippen LogP contribution in [-0.4, -0.2) is 84.0 Å². The van der Waals surface area contributed by atoms with Gasteiger partial charge in [0.2, 0.25) is 5.89 Å². The highest BCUT2D eigenvalue weighted by atomic mass is 32.1. The Hall–Kier alpha value is -2.59. The second-order valence-electron chi connectivity index (χ2n) is 6.98. The molecule has 1 aromatic heterocycles. The highest BCUT2D eigenvalue weighted by molar-refractivity contribution is 7.71. The first-order valence-corrected chi connectivity index (χ1v) is 10.5. The molecule has 9 nitrogen and oxygen atoms in total. The molecule has 1 saturated heterocycles. The summed E-state index contributed by atoms with van der Waals surface area (Å²) < 4.78 is 18.0. The van der Waals surface area contributed by atoms with Crippen LogP contribution in [0.2, 0.25) is 0 Å². The zero-order chi connectivity index (χ0) is 21.7. The lowest BCUT2D eigenvalue weighted by Gasteiger charge is -2.36. The molecule has 1 fully saturated rings. The number of hydrogen-bond donors (Lipinski definition) is 0. The maximum Gasteiger partial charge on any atom is 0.320 e. The van der Waals surface area contributed by atoms with Gasteiger partial charge in [0.05, 0.1) is 20.9 Å². The average molecular weight is 436 g/mol. The molecule has 1 aliphatic heterocycles. The van der Waals surface area contributed by atoms with E-state index in [1.54, 1.807) is 25.0 Å². The number of amides is 2. The third-order valence-corrected chi connectivity index (χ3v) is 5.51. The first kappa shape index (κ1) is 22.1. The Labute approximate surface area is 181 Å². The number of benzene rings is 1. The Kier molecular flexibility index (Phi) is 7.33. The lowest BCUT2D eigenvalue weighted by Crippen LogP contribution is -2.53. The molecular formula is C20H29N5O4S. The summed E-state index contributed by atoms with van der Waals surface area (Å²) >= 11 is 5.37. The van der Waals surface area contributed by atoms with Gasteiger partial charge in [0, 0.05) is 50.9 Å². The molecule has 0 unspecified atom stereocenters. The molecule has 2 aromatic rings. The van der Waals surface area contributed by atoms with Gasteiger partial charge in [-0.25, -0.2) is 9.48 Å². The molecule has 0 radical (unpaired) electrons. The minimum atomic E-state index is 0.104. The SMILES string of the molecule is CCN(CC)C(=O)N1CCN(Cn2nc(-c3cc(OC)cc(OC)c3)oc2=S)CC1. The molecule has 10 heteroatoms. The molecule has 0 bridgehead atoms. The van der Waals surface area contributed by atoms with Crippen LogP contribution in [0.25, 0.3) is 11.5 Å². The fourth-order valence-electron chi connectivity index (χ4n) is 3.41. The summed E-state index contributed by atoms with van der Waals surface area (Å²) in [4.78, 5) is 18.8. The summed E-state index contributed by atoms with van der Waals surface area (Å²) in [5.74, 6) is 1.70. The quantitative estimate of drug-likeness (QED) is 0.619. The summed E-state index contributed by atoms with van der Waals surface area (Å²) in [5.41, 5.74) is 0.727. The van der Waals surface area contributed by atoms with Crippen molar-refractivity contribution < 1.29 is 18.7 Å². The van der Waals surface area contributed by atoms with E-state index in [4.69, 9.17) is 26.1 Å². The molecule has 0 aliphatic carbocycles. The Morgan fingerprint density at radius 1 is 1.10 bits per heavy atom. The normalized spacial score (nSPS) is 14.6. The highest BCUT2D eigenvalue weighted by Crippen LogP contribution is 2.29. The van der Waals surface area contributed by atoms with E-state index in [9.17, 15) is 4.79 Å². The minimum absolute atomic E-state index is 0.104. The third kappa shape index (κ3) is 4.93. The van der Waals surface area contributed by atoms with E-state index in [0.717, 1.165) is 31.7 Å². The predicted octanol–water partition coefficient (Wildman–Crippen LogP) is 2.93. The number of nitrogens with zero attached hydrogens (tertiary/aromatic N) is 5. The van der Waals surface area contributed by atoms with Gasteiger partial charge in [0.25, 0.3) is 4.84 Å². The molecule has 2 amide bonds. The average Bonchev–Trinajstić information content (AvgIpc) is 3.14. The smallest absolute Gasteiger partial charge is 0.320 e. The van der Waals surface area contributed by atoms with Crippen LogP contribution in [0.5, 0.6) is 11.5 Å². The fraction of sp³-hybridized carbons (Fsp3) is 0.550. The van der Waals surface area contributed by atoms with Gasteiger partial charge in [0.1, 0.15) is 11.5 Å². The molecule has 1 aliphatic rings. The van der Waals surface area contributed by atoms with Gasteiger partial charge in [-0.2, -0.15) is 0 Å². The maximum atomic E-state index is 12.5. The maximum absolute atomic E-state index is 12.5. The molecule has 30 heavy (non-hydrogen) atoms. The number of aromatic nitrogens is 2. The number of hydrogen-bond acceptors (Lipinski definition) is 7. The third-order valence-electron chi connectivity index (χ3n) is 5.22. The first-order chi connectivity index (χ1) is 14.5. The summed E-state index contributed by atoms with van der Waals surface area (Å²) in [7, 11) is 3.19. The van der Waals surface area contributed by atoms with Crippen molar-refractivity contribution in [2.24, 2.45) is 0 Å². The lowest BCUT2D eigenvalue weighted by molar-refractivity contribution is 0.0964. The molecular weight excluding hydrogens is 406 g/mol. The molecule has 1 aromatic carbocycles. The molecule has 0 atom stereocenters. The monoisotopic (exact) mass is 435 g/mol. The van der Waals surface area contributed by atoms with Crippen LogP contribution in [-0.2, 0) is 6.67 Å². The van der Waals surface area contributed by atoms with Crippen molar-refractivity contribution in [3.63, 3.8) is 0 Å². The second kappa shape index (κ2) is 9.94. The van der Waals surface area contributed by atoms with E-state index in [0.29, 0.717) is 42.0 Å².